The van der Waals surface area contributed by atoms with Gasteiger partial charge in [-0.3, -0.25) is 14.8 Å². The number of hydrogen-bond acceptors (Lipinski definition) is 4. The number of rotatable bonds is 4. The standard InChI is InChI=1S/C11H13N5O2S/c1-16-7-8(6-14-16)19(17,18)15-10-5-3-2-4-9(10)11(12)13/h2-7,15H,1H3,(H3,12,13). The number of aryl methyl sites for hydroxylation is 1. The van der Waals surface area contributed by atoms with Crippen molar-refractivity contribution < 1.29 is 8.42 Å². The molecule has 2 rings (SSSR count). The Kier molecular flexibility index (Phi) is 3.26. The summed E-state index contributed by atoms with van der Waals surface area (Å²) in [5, 5.41) is 11.2. The molecule has 100 valence electrons. The summed E-state index contributed by atoms with van der Waals surface area (Å²) in [5.74, 6) is -0.204. The van der Waals surface area contributed by atoms with E-state index in [9.17, 15) is 8.42 Å². The molecule has 8 heteroatoms. The van der Waals surface area contributed by atoms with Gasteiger partial charge in [0, 0.05) is 18.8 Å². The summed E-state index contributed by atoms with van der Waals surface area (Å²) >= 11 is 0. The van der Waals surface area contributed by atoms with Gasteiger partial charge in [0.15, 0.2) is 0 Å². The summed E-state index contributed by atoms with van der Waals surface area (Å²) in [6, 6.07) is 6.46. The fraction of sp³-hybridized carbons (Fsp3) is 0.0909. The predicted octanol–water partition coefficient (Wildman–Crippen LogP) is 0.505. The van der Waals surface area contributed by atoms with Crippen LogP contribution in [0.4, 0.5) is 5.69 Å². The fourth-order valence-electron chi connectivity index (χ4n) is 1.55. The van der Waals surface area contributed by atoms with E-state index in [1.54, 1.807) is 31.3 Å². The van der Waals surface area contributed by atoms with Crippen LogP contribution in [0.1, 0.15) is 5.56 Å². The Bertz CT molecular complexity index is 720. The summed E-state index contributed by atoms with van der Waals surface area (Å²) < 4.78 is 28.0. The Morgan fingerprint density at radius 2 is 2.11 bits per heavy atom. The van der Waals surface area contributed by atoms with Crippen LogP contribution in [-0.4, -0.2) is 24.0 Å². The molecular formula is C11H13N5O2S. The summed E-state index contributed by atoms with van der Waals surface area (Å²) in [4.78, 5) is 0.0494. The highest BCUT2D eigenvalue weighted by molar-refractivity contribution is 7.92. The van der Waals surface area contributed by atoms with Crippen molar-refractivity contribution >= 4 is 21.5 Å². The second-order valence-electron chi connectivity index (χ2n) is 3.91. The van der Waals surface area contributed by atoms with Gasteiger partial charge in [0.05, 0.1) is 11.9 Å². The molecule has 0 fully saturated rings. The van der Waals surface area contributed by atoms with Crippen LogP contribution in [0.25, 0.3) is 0 Å². The van der Waals surface area contributed by atoms with Crippen molar-refractivity contribution in [1.29, 1.82) is 5.41 Å². The van der Waals surface area contributed by atoms with E-state index in [1.807, 2.05) is 0 Å². The van der Waals surface area contributed by atoms with Gasteiger partial charge in [-0.15, -0.1) is 0 Å². The zero-order chi connectivity index (χ0) is 14.0. The number of sulfonamides is 1. The Morgan fingerprint density at radius 3 is 2.68 bits per heavy atom. The van der Waals surface area contributed by atoms with E-state index in [0.717, 1.165) is 0 Å². The van der Waals surface area contributed by atoms with Crippen LogP contribution in [-0.2, 0) is 17.1 Å². The zero-order valence-corrected chi connectivity index (χ0v) is 11.0. The number of nitrogens with one attached hydrogen (secondary N) is 2. The highest BCUT2D eigenvalue weighted by Gasteiger charge is 2.18. The Morgan fingerprint density at radius 1 is 1.42 bits per heavy atom. The molecule has 7 nitrogen and oxygen atoms in total. The quantitative estimate of drug-likeness (QED) is 0.558. The van der Waals surface area contributed by atoms with Crippen LogP contribution >= 0.6 is 0 Å². The number of benzene rings is 1. The minimum absolute atomic E-state index is 0.0494. The predicted molar refractivity (Wildman–Crippen MR) is 71.5 cm³/mol. The molecule has 0 atom stereocenters. The molecule has 0 saturated heterocycles. The highest BCUT2D eigenvalue weighted by Crippen LogP contribution is 2.19. The van der Waals surface area contributed by atoms with E-state index < -0.39 is 10.0 Å². The average Bonchev–Trinajstić information content (AvgIpc) is 2.76. The number of anilines is 1. The molecule has 0 amide bonds. The van der Waals surface area contributed by atoms with Gasteiger partial charge in [-0.2, -0.15) is 5.10 Å². The minimum Gasteiger partial charge on any atom is -0.384 e. The molecular weight excluding hydrogens is 266 g/mol. The molecule has 0 aliphatic rings. The lowest BCUT2D eigenvalue weighted by molar-refractivity contribution is 0.601. The number of amidine groups is 1. The number of aromatic nitrogens is 2. The van der Waals surface area contributed by atoms with Crippen molar-refractivity contribution in [3.63, 3.8) is 0 Å². The molecule has 2 aromatic rings. The van der Waals surface area contributed by atoms with Gasteiger partial charge < -0.3 is 5.73 Å². The Balaban J connectivity index is 2.39. The van der Waals surface area contributed by atoms with Crippen LogP contribution in [0.3, 0.4) is 0 Å². The third-order valence-electron chi connectivity index (χ3n) is 2.45. The van der Waals surface area contributed by atoms with Crippen LogP contribution in [0, 0.1) is 5.41 Å². The van der Waals surface area contributed by atoms with E-state index in [1.165, 1.54) is 17.1 Å². The van der Waals surface area contributed by atoms with Gasteiger partial charge in [-0.25, -0.2) is 8.42 Å². The van der Waals surface area contributed by atoms with Crippen LogP contribution < -0.4 is 10.5 Å². The second-order valence-corrected chi connectivity index (χ2v) is 5.60. The van der Waals surface area contributed by atoms with Crippen molar-refractivity contribution in [2.45, 2.75) is 4.90 Å². The average molecular weight is 279 g/mol. The first-order valence-corrected chi connectivity index (χ1v) is 6.83. The van der Waals surface area contributed by atoms with Crippen LogP contribution in [0.15, 0.2) is 41.6 Å². The zero-order valence-electron chi connectivity index (χ0n) is 10.2. The van der Waals surface area contributed by atoms with Crippen molar-refractivity contribution in [3.8, 4) is 0 Å². The van der Waals surface area contributed by atoms with Crippen molar-refractivity contribution in [3.05, 3.63) is 42.2 Å². The van der Waals surface area contributed by atoms with Crippen LogP contribution in [0.5, 0.6) is 0 Å². The largest absolute Gasteiger partial charge is 0.384 e. The molecule has 4 N–H and O–H groups in total. The first-order valence-electron chi connectivity index (χ1n) is 5.35. The Labute approximate surface area is 110 Å². The SMILES string of the molecule is Cn1cc(S(=O)(=O)Nc2ccccc2C(=N)N)cn1. The van der Waals surface area contributed by atoms with Gasteiger partial charge in [-0.1, -0.05) is 12.1 Å². The lowest BCUT2D eigenvalue weighted by Gasteiger charge is -2.10. The van der Waals surface area contributed by atoms with E-state index in [0.29, 0.717) is 5.56 Å². The van der Waals surface area contributed by atoms with Gasteiger partial charge in [0.2, 0.25) is 0 Å². The third-order valence-corrected chi connectivity index (χ3v) is 3.77. The van der Waals surface area contributed by atoms with Crippen molar-refractivity contribution in [2.75, 3.05) is 4.72 Å². The monoisotopic (exact) mass is 279 g/mol. The molecule has 1 heterocycles. The molecule has 0 aliphatic carbocycles. The van der Waals surface area contributed by atoms with Gasteiger partial charge in [0.1, 0.15) is 10.7 Å². The molecule has 0 saturated carbocycles. The normalized spacial score (nSPS) is 11.2. The Hall–Kier alpha value is -2.35. The minimum atomic E-state index is -3.73. The maximum absolute atomic E-state index is 12.1. The summed E-state index contributed by atoms with van der Waals surface area (Å²) in [6.45, 7) is 0. The maximum Gasteiger partial charge on any atom is 0.265 e. The third kappa shape index (κ3) is 2.74. The summed E-state index contributed by atoms with van der Waals surface area (Å²) in [6.07, 6.45) is 2.64. The molecule has 1 aromatic heterocycles. The summed E-state index contributed by atoms with van der Waals surface area (Å²) in [7, 11) is -2.11. The molecule has 1 aromatic carbocycles. The number of nitrogens with zero attached hydrogens (tertiary/aromatic N) is 2. The first kappa shape index (κ1) is 13.1. The highest BCUT2D eigenvalue weighted by atomic mass is 32.2. The number of nitrogens with two attached hydrogens (primary N) is 1. The van der Waals surface area contributed by atoms with E-state index >= 15 is 0 Å². The van der Waals surface area contributed by atoms with Crippen molar-refractivity contribution in [1.82, 2.24) is 9.78 Å². The molecule has 0 unspecified atom stereocenters. The number of nitrogen functional groups attached to an aromatic ring is 1. The van der Waals surface area contributed by atoms with Crippen molar-refractivity contribution in [2.24, 2.45) is 12.8 Å². The van der Waals surface area contributed by atoms with Crippen LogP contribution in [0.2, 0.25) is 0 Å². The molecule has 0 spiro atoms. The molecule has 19 heavy (non-hydrogen) atoms. The summed E-state index contributed by atoms with van der Waals surface area (Å²) in [5.41, 5.74) is 6.00. The fourth-order valence-corrected chi connectivity index (χ4v) is 2.61. The molecule has 0 radical (unpaired) electrons. The number of para-hydroxylation sites is 1. The van der Waals surface area contributed by atoms with Gasteiger partial charge in [0.25, 0.3) is 10.0 Å². The second kappa shape index (κ2) is 4.73. The lowest BCUT2D eigenvalue weighted by atomic mass is 10.2. The topological polar surface area (TPSA) is 114 Å². The van der Waals surface area contributed by atoms with Gasteiger partial charge >= 0.3 is 0 Å². The molecule has 0 aliphatic heterocycles. The maximum atomic E-state index is 12.1. The van der Waals surface area contributed by atoms with E-state index in [2.05, 4.69) is 9.82 Å². The molecule has 0 bridgehead atoms. The number of hydrogen-bond donors (Lipinski definition) is 3. The van der Waals surface area contributed by atoms with E-state index in [4.69, 9.17) is 11.1 Å². The smallest absolute Gasteiger partial charge is 0.265 e. The lowest BCUT2D eigenvalue weighted by Crippen LogP contribution is -2.18. The van der Waals surface area contributed by atoms with Gasteiger partial charge in [-0.05, 0) is 12.1 Å². The first-order chi connectivity index (χ1) is 8.90. The van der Waals surface area contributed by atoms with E-state index in [-0.39, 0.29) is 16.4 Å².